The Morgan fingerprint density at radius 2 is 0.852 bits per heavy atom. The van der Waals surface area contributed by atoms with E-state index in [0.29, 0.717) is 38.4 Å². The van der Waals surface area contributed by atoms with E-state index in [1.807, 2.05) is 0 Å². The van der Waals surface area contributed by atoms with Gasteiger partial charge in [-0.15, -0.1) is 0 Å². The van der Waals surface area contributed by atoms with E-state index in [2.05, 4.69) is 27.7 Å². The van der Waals surface area contributed by atoms with Crippen LogP contribution in [0.15, 0.2) is 0 Å². The maximum absolute atomic E-state index is 13.0. The average molecular weight is 764 g/mol. The normalized spacial score (nSPS) is 11.9. The molecule has 0 saturated heterocycles. The molecule has 0 bridgehead atoms. The quantitative estimate of drug-likeness (QED) is 0.0455. The second-order valence-electron chi connectivity index (χ2n) is 16.4. The molecule has 1 unspecified atom stereocenters. The first-order valence-electron chi connectivity index (χ1n) is 23.4. The molecule has 0 fully saturated rings. The average Bonchev–Trinajstić information content (AvgIpc) is 3.15. The first-order chi connectivity index (χ1) is 26.3. The van der Waals surface area contributed by atoms with E-state index in [1.54, 1.807) is 7.05 Å². The number of amides is 1. The first-order valence-corrected chi connectivity index (χ1v) is 23.4. The number of likely N-dealkylation sites (N-methyl/N-ethyl adjacent to an activating group) is 1. The molecule has 0 aliphatic carbocycles. The molecular formula is C47H89NO6. The van der Waals surface area contributed by atoms with Gasteiger partial charge in [-0.1, -0.05) is 156 Å². The minimum Gasteiger partial charge on any atom is -0.465 e. The van der Waals surface area contributed by atoms with Crippen molar-refractivity contribution in [1.29, 1.82) is 0 Å². The lowest BCUT2D eigenvalue weighted by Gasteiger charge is -2.21. The third-order valence-corrected chi connectivity index (χ3v) is 11.0. The Bertz CT molecular complexity index is 877. The van der Waals surface area contributed by atoms with Gasteiger partial charge in [-0.3, -0.25) is 19.2 Å². The van der Waals surface area contributed by atoms with Crippen molar-refractivity contribution in [2.45, 2.75) is 240 Å². The molecule has 54 heavy (non-hydrogen) atoms. The number of carbonyl (C=O) groups is 4. The van der Waals surface area contributed by atoms with Crippen molar-refractivity contribution in [3.8, 4) is 0 Å². The minimum absolute atomic E-state index is 0.00490. The Morgan fingerprint density at radius 1 is 0.463 bits per heavy atom. The summed E-state index contributed by atoms with van der Waals surface area (Å²) in [5.41, 5.74) is 0. The van der Waals surface area contributed by atoms with E-state index < -0.39 is 0 Å². The second kappa shape index (κ2) is 39.3. The topological polar surface area (TPSA) is 90.0 Å². The smallest absolute Gasteiger partial charge is 0.325 e. The van der Waals surface area contributed by atoms with E-state index in [9.17, 15) is 19.2 Å². The van der Waals surface area contributed by atoms with Crippen molar-refractivity contribution in [1.82, 2.24) is 4.90 Å². The zero-order valence-electron chi connectivity index (χ0n) is 36.5. The van der Waals surface area contributed by atoms with Crippen LogP contribution < -0.4 is 0 Å². The maximum Gasteiger partial charge on any atom is 0.325 e. The van der Waals surface area contributed by atoms with E-state index >= 15 is 0 Å². The number of ketones is 1. The van der Waals surface area contributed by atoms with Crippen LogP contribution in [0.1, 0.15) is 240 Å². The van der Waals surface area contributed by atoms with Gasteiger partial charge in [0.2, 0.25) is 5.91 Å². The number of Topliss-reactive ketones (excluding diaryl/α,β-unsaturated/α-hetero) is 1. The highest BCUT2D eigenvalue weighted by Gasteiger charge is 2.20. The van der Waals surface area contributed by atoms with Crippen LogP contribution in [-0.4, -0.2) is 55.3 Å². The van der Waals surface area contributed by atoms with Gasteiger partial charge in [0.1, 0.15) is 12.3 Å². The van der Waals surface area contributed by atoms with Gasteiger partial charge >= 0.3 is 11.9 Å². The monoisotopic (exact) mass is 764 g/mol. The summed E-state index contributed by atoms with van der Waals surface area (Å²) in [5.74, 6) is 0.376. The standard InChI is InChI=1S/C47H89NO6/c1-6-10-14-18-21-27-35-43(34-26-17-13-9-4)47(52)54-39-31-23-29-37-44(49)36-28-22-30-38-53-46(51)41-48(5)45(50)40-42(32-24-19-15-11-7-2)33-25-20-16-12-8-3/h42-43H,6-41H2,1-5H3. The molecule has 0 spiro atoms. The highest BCUT2D eigenvalue weighted by Crippen LogP contribution is 2.23. The summed E-state index contributed by atoms with van der Waals surface area (Å²) in [6.07, 6.45) is 35.2. The summed E-state index contributed by atoms with van der Waals surface area (Å²) in [5, 5.41) is 0. The number of unbranched alkanes of at least 4 members (excludes halogenated alkanes) is 20. The van der Waals surface area contributed by atoms with Crippen LogP contribution >= 0.6 is 0 Å². The summed E-state index contributed by atoms with van der Waals surface area (Å²) < 4.78 is 11.1. The molecule has 7 heteroatoms. The van der Waals surface area contributed by atoms with Gasteiger partial charge in [-0.05, 0) is 70.1 Å². The van der Waals surface area contributed by atoms with Crippen molar-refractivity contribution < 1.29 is 28.7 Å². The van der Waals surface area contributed by atoms with E-state index in [0.717, 1.165) is 77.0 Å². The van der Waals surface area contributed by atoms with Gasteiger partial charge in [0.15, 0.2) is 0 Å². The lowest BCUT2D eigenvalue weighted by Crippen LogP contribution is -2.34. The maximum atomic E-state index is 13.0. The Morgan fingerprint density at radius 3 is 1.33 bits per heavy atom. The van der Waals surface area contributed by atoms with Crippen LogP contribution in [0.4, 0.5) is 0 Å². The fraction of sp³-hybridized carbons (Fsp3) is 0.915. The van der Waals surface area contributed by atoms with Gasteiger partial charge in [0, 0.05) is 26.3 Å². The second-order valence-corrected chi connectivity index (χ2v) is 16.4. The molecule has 0 aromatic rings. The van der Waals surface area contributed by atoms with Gasteiger partial charge in [0.05, 0.1) is 19.1 Å². The summed E-state index contributed by atoms with van der Waals surface area (Å²) in [6, 6.07) is 0. The fourth-order valence-electron chi connectivity index (χ4n) is 7.32. The van der Waals surface area contributed by atoms with Crippen LogP contribution in [-0.2, 0) is 28.7 Å². The molecule has 0 N–H and O–H groups in total. The lowest BCUT2D eigenvalue weighted by molar-refractivity contribution is -0.149. The fourth-order valence-corrected chi connectivity index (χ4v) is 7.32. The Labute approximate surface area is 334 Å². The summed E-state index contributed by atoms with van der Waals surface area (Å²) >= 11 is 0. The molecule has 0 aromatic heterocycles. The largest absolute Gasteiger partial charge is 0.465 e. The zero-order valence-corrected chi connectivity index (χ0v) is 36.5. The highest BCUT2D eigenvalue weighted by molar-refractivity contribution is 5.82. The summed E-state index contributed by atoms with van der Waals surface area (Å²) in [4.78, 5) is 52.2. The molecule has 1 amide bonds. The van der Waals surface area contributed by atoms with E-state index in [1.165, 1.54) is 120 Å². The molecule has 0 aliphatic rings. The number of rotatable bonds is 41. The number of carbonyl (C=O) groups excluding carboxylic acids is 4. The summed E-state index contributed by atoms with van der Waals surface area (Å²) in [7, 11) is 1.71. The molecule has 0 saturated carbocycles. The number of ether oxygens (including phenoxy) is 2. The molecule has 1 atom stereocenters. The molecule has 7 nitrogen and oxygen atoms in total. The highest BCUT2D eigenvalue weighted by atomic mass is 16.5. The number of esters is 2. The Hall–Kier alpha value is -1.92. The SMILES string of the molecule is CCCCCCCCC(CCCCCC)C(=O)OCCCCCC(=O)CCCCCOC(=O)CN(C)C(=O)CC(CCCCCCC)CCCCCCC. The van der Waals surface area contributed by atoms with Crippen molar-refractivity contribution in [2.75, 3.05) is 26.8 Å². The Balaban J connectivity index is 4.15. The third-order valence-electron chi connectivity index (χ3n) is 11.0. The molecule has 318 valence electrons. The molecule has 0 aliphatic heterocycles. The molecule has 0 radical (unpaired) electrons. The molecule has 0 aromatic carbocycles. The molecule has 0 heterocycles. The molecule has 0 rings (SSSR count). The predicted octanol–water partition coefficient (Wildman–Crippen LogP) is 13.3. The van der Waals surface area contributed by atoms with Gasteiger partial charge in [-0.2, -0.15) is 0 Å². The zero-order chi connectivity index (χ0) is 39.9. The Kier molecular flexibility index (Phi) is 37.9. The van der Waals surface area contributed by atoms with E-state index in [4.69, 9.17) is 9.47 Å². The summed E-state index contributed by atoms with van der Waals surface area (Å²) in [6.45, 7) is 9.69. The number of hydrogen-bond acceptors (Lipinski definition) is 6. The van der Waals surface area contributed by atoms with Crippen LogP contribution in [0, 0.1) is 11.8 Å². The van der Waals surface area contributed by atoms with Crippen molar-refractivity contribution in [2.24, 2.45) is 11.8 Å². The number of hydrogen-bond donors (Lipinski definition) is 0. The van der Waals surface area contributed by atoms with Crippen LogP contribution in [0.25, 0.3) is 0 Å². The lowest BCUT2D eigenvalue weighted by atomic mass is 9.91. The third kappa shape index (κ3) is 33.4. The van der Waals surface area contributed by atoms with Crippen molar-refractivity contribution >= 4 is 23.6 Å². The van der Waals surface area contributed by atoms with Crippen LogP contribution in [0.3, 0.4) is 0 Å². The molecular weight excluding hydrogens is 675 g/mol. The van der Waals surface area contributed by atoms with Crippen LogP contribution in [0.2, 0.25) is 0 Å². The van der Waals surface area contributed by atoms with Crippen molar-refractivity contribution in [3.05, 3.63) is 0 Å². The number of nitrogens with zero attached hydrogens (tertiary/aromatic N) is 1. The predicted molar refractivity (Wildman–Crippen MR) is 227 cm³/mol. The first kappa shape index (κ1) is 52.1. The minimum atomic E-state index is -0.358. The van der Waals surface area contributed by atoms with Crippen molar-refractivity contribution in [3.63, 3.8) is 0 Å². The van der Waals surface area contributed by atoms with Gasteiger partial charge in [0.25, 0.3) is 0 Å². The van der Waals surface area contributed by atoms with Gasteiger partial charge < -0.3 is 14.4 Å². The van der Waals surface area contributed by atoms with Gasteiger partial charge in [-0.25, -0.2) is 0 Å². The van der Waals surface area contributed by atoms with Crippen LogP contribution in [0.5, 0.6) is 0 Å². The van der Waals surface area contributed by atoms with E-state index in [-0.39, 0.29) is 36.1 Å².